The van der Waals surface area contributed by atoms with Crippen molar-refractivity contribution in [3.05, 3.63) is 70.8 Å². The molecule has 170 valence electrons. The molecule has 0 spiro atoms. The van der Waals surface area contributed by atoms with Crippen molar-refractivity contribution in [3.8, 4) is 22.7 Å². The first-order valence-electron chi connectivity index (χ1n) is 11.2. The van der Waals surface area contributed by atoms with Gasteiger partial charge in [0.05, 0.1) is 17.2 Å². The maximum absolute atomic E-state index is 13.0. The predicted molar refractivity (Wildman–Crippen MR) is 140 cm³/mol. The molecule has 0 bridgehead atoms. The number of amides is 1. The Kier molecular flexibility index (Phi) is 7.30. The molecule has 1 aliphatic heterocycles. The number of nitrogens with zero attached hydrogens (tertiary/aromatic N) is 3. The molecule has 0 radical (unpaired) electrons. The highest BCUT2D eigenvalue weighted by molar-refractivity contribution is 8.26. The van der Waals surface area contributed by atoms with Gasteiger partial charge in [0.2, 0.25) is 0 Å². The summed E-state index contributed by atoms with van der Waals surface area (Å²) in [6.45, 7) is 7.41. The van der Waals surface area contributed by atoms with Crippen LogP contribution in [0.15, 0.2) is 59.6 Å². The molecule has 2 aromatic carbocycles. The molecular weight excluding hydrogens is 450 g/mol. The number of hydrogen-bond donors (Lipinski definition) is 0. The van der Waals surface area contributed by atoms with Crippen molar-refractivity contribution >= 4 is 40.3 Å². The Balaban J connectivity index is 1.78. The van der Waals surface area contributed by atoms with Gasteiger partial charge in [-0.05, 0) is 62.2 Å². The minimum Gasteiger partial charge on any atom is -0.494 e. The highest BCUT2D eigenvalue weighted by atomic mass is 32.2. The van der Waals surface area contributed by atoms with Crippen LogP contribution in [0.3, 0.4) is 0 Å². The molecule has 2 heterocycles. The smallest absolute Gasteiger partial charge is 0.266 e. The van der Waals surface area contributed by atoms with Gasteiger partial charge in [0.25, 0.3) is 5.91 Å². The Morgan fingerprint density at radius 1 is 1.15 bits per heavy atom. The van der Waals surface area contributed by atoms with E-state index in [1.165, 1.54) is 11.8 Å². The number of thiocarbonyl (C=S) groups is 1. The average molecular weight is 478 g/mol. The van der Waals surface area contributed by atoms with Crippen LogP contribution in [-0.2, 0) is 4.79 Å². The van der Waals surface area contributed by atoms with Crippen molar-refractivity contribution in [2.75, 3.05) is 13.2 Å². The number of benzene rings is 2. The molecule has 33 heavy (non-hydrogen) atoms. The third kappa shape index (κ3) is 5.04. The lowest BCUT2D eigenvalue weighted by atomic mass is 10.0. The average Bonchev–Trinajstić information content (AvgIpc) is 3.34. The highest BCUT2D eigenvalue weighted by Gasteiger charge is 2.32. The van der Waals surface area contributed by atoms with Crippen LogP contribution in [0.1, 0.15) is 37.8 Å². The third-order valence-corrected chi connectivity index (χ3v) is 6.80. The van der Waals surface area contributed by atoms with Crippen LogP contribution < -0.4 is 4.74 Å². The fraction of sp³-hybridized carbons (Fsp3) is 0.269. The molecule has 0 atom stereocenters. The van der Waals surface area contributed by atoms with Crippen LogP contribution in [0.2, 0.25) is 0 Å². The van der Waals surface area contributed by atoms with E-state index in [2.05, 4.69) is 6.92 Å². The van der Waals surface area contributed by atoms with Crippen molar-refractivity contribution < 1.29 is 9.53 Å². The zero-order valence-electron chi connectivity index (χ0n) is 19.1. The zero-order chi connectivity index (χ0) is 23.4. The number of hydrogen-bond acceptors (Lipinski definition) is 5. The SMILES string of the molecule is CCCCN1C(=O)/C(=C/c2cn(-c3ccccc3)nc2-c2ccc(OCC)cc2C)SC1=S. The van der Waals surface area contributed by atoms with E-state index in [1.807, 2.05) is 79.3 Å². The summed E-state index contributed by atoms with van der Waals surface area (Å²) in [5, 5.41) is 4.91. The van der Waals surface area contributed by atoms with Gasteiger partial charge < -0.3 is 4.74 Å². The molecule has 0 saturated carbocycles. The van der Waals surface area contributed by atoms with Gasteiger partial charge in [-0.25, -0.2) is 4.68 Å². The number of rotatable bonds is 8. The lowest BCUT2D eigenvalue weighted by Crippen LogP contribution is -2.28. The minimum absolute atomic E-state index is 0.0275. The van der Waals surface area contributed by atoms with Gasteiger partial charge >= 0.3 is 0 Å². The number of ether oxygens (including phenoxy) is 1. The second kappa shape index (κ2) is 10.4. The summed E-state index contributed by atoms with van der Waals surface area (Å²) >= 11 is 6.85. The second-order valence-corrected chi connectivity index (χ2v) is 9.49. The number of para-hydroxylation sites is 1. The predicted octanol–water partition coefficient (Wildman–Crippen LogP) is 6.25. The Morgan fingerprint density at radius 2 is 1.94 bits per heavy atom. The number of carbonyl (C=O) groups is 1. The molecule has 1 saturated heterocycles. The summed E-state index contributed by atoms with van der Waals surface area (Å²) in [7, 11) is 0. The molecule has 1 aromatic heterocycles. The first-order valence-corrected chi connectivity index (χ1v) is 12.4. The summed E-state index contributed by atoms with van der Waals surface area (Å²) in [6, 6.07) is 16.0. The Hall–Kier alpha value is -2.90. The highest BCUT2D eigenvalue weighted by Crippen LogP contribution is 2.36. The fourth-order valence-corrected chi connectivity index (χ4v) is 5.02. The molecule has 5 nitrogen and oxygen atoms in total. The number of aryl methyl sites for hydroxylation is 1. The molecule has 0 N–H and O–H groups in total. The van der Waals surface area contributed by atoms with Crippen LogP contribution in [0.4, 0.5) is 0 Å². The molecule has 0 unspecified atom stereocenters. The van der Waals surface area contributed by atoms with Crippen LogP contribution in [0, 0.1) is 6.92 Å². The first-order chi connectivity index (χ1) is 16.0. The topological polar surface area (TPSA) is 47.4 Å². The van der Waals surface area contributed by atoms with E-state index < -0.39 is 0 Å². The van der Waals surface area contributed by atoms with Gasteiger partial charge in [0.15, 0.2) is 0 Å². The van der Waals surface area contributed by atoms with Gasteiger partial charge in [-0.1, -0.05) is 55.5 Å². The Labute approximate surface area is 204 Å². The lowest BCUT2D eigenvalue weighted by Gasteiger charge is -2.13. The standard InChI is InChI=1S/C26H27N3O2S2/c1-4-6-14-28-25(30)23(33-26(28)32)16-19-17-29(20-10-8-7-9-11-20)27-24(19)22-13-12-21(31-5-2)15-18(22)3/h7-13,15-17H,4-6,14H2,1-3H3/b23-16-. The fourth-order valence-electron chi connectivity index (χ4n) is 3.72. The molecule has 1 amide bonds. The van der Waals surface area contributed by atoms with E-state index in [0.29, 0.717) is 22.4 Å². The number of carbonyl (C=O) groups excluding carboxylic acids is 1. The van der Waals surface area contributed by atoms with Gasteiger partial charge in [-0.2, -0.15) is 5.10 Å². The van der Waals surface area contributed by atoms with Crippen LogP contribution in [0.25, 0.3) is 23.0 Å². The Morgan fingerprint density at radius 3 is 2.64 bits per heavy atom. The summed E-state index contributed by atoms with van der Waals surface area (Å²) in [5.41, 5.74) is 4.71. The van der Waals surface area contributed by atoms with E-state index >= 15 is 0 Å². The summed E-state index contributed by atoms with van der Waals surface area (Å²) in [6.07, 6.45) is 5.84. The summed E-state index contributed by atoms with van der Waals surface area (Å²) in [5.74, 6) is 0.805. The molecule has 0 aliphatic carbocycles. The van der Waals surface area contributed by atoms with E-state index in [9.17, 15) is 4.79 Å². The number of thioether (sulfide) groups is 1. The van der Waals surface area contributed by atoms with Crippen LogP contribution in [-0.4, -0.2) is 38.1 Å². The Bertz CT molecular complexity index is 1200. The van der Waals surface area contributed by atoms with Gasteiger partial charge in [-0.15, -0.1) is 0 Å². The molecule has 4 rings (SSSR count). The summed E-state index contributed by atoms with van der Waals surface area (Å²) in [4.78, 5) is 15.4. The second-order valence-electron chi connectivity index (χ2n) is 7.81. The van der Waals surface area contributed by atoms with Gasteiger partial charge in [-0.3, -0.25) is 9.69 Å². The number of unbranched alkanes of at least 4 members (excludes halogenated alkanes) is 1. The van der Waals surface area contributed by atoms with E-state index in [1.54, 1.807) is 4.90 Å². The van der Waals surface area contributed by atoms with Crippen LogP contribution in [0.5, 0.6) is 5.75 Å². The van der Waals surface area contributed by atoms with Crippen LogP contribution >= 0.6 is 24.0 Å². The number of aromatic nitrogens is 2. The largest absolute Gasteiger partial charge is 0.494 e. The normalized spacial score (nSPS) is 15.0. The van der Waals surface area contributed by atoms with Crippen molar-refractivity contribution in [3.63, 3.8) is 0 Å². The molecular formula is C26H27N3O2S2. The van der Waals surface area contributed by atoms with Gasteiger partial charge in [0.1, 0.15) is 15.8 Å². The quantitative estimate of drug-likeness (QED) is 0.284. The maximum Gasteiger partial charge on any atom is 0.266 e. The summed E-state index contributed by atoms with van der Waals surface area (Å²) < 4.78 is 8.13. The first kappa shape index (κ1) is 23.3. The maximum atomic E-state index is 13.0. The third-order valence-electron chi connectivity index (χ3n) is 5.42. The van der Waals surface area contributed by atoms with Gasteiger partial charge in [0, 0.05) is 23.9 Å². The van der Waals surface area contributed by atoms with Crippen molar-refractivity contribution in [1.82, 2.24) is 14.7 Å². The van der Waals surface area contributed by atoms with E-state index in [-0.39, 0.29) is 5.91 Å². The lowest BCUT2D eigenvalue weighted by molar-refractivity contribution is -0.122. The van der Waals surface area contributed by atoms with E-state index in [0.717, 1.165) is 46.7 Å². The molecule has 1 aliphatic rings. The minimum atomic E-state index is -0.0275. The zero-order valence-corrected chi connectivity index (χ0v) is 20.7. The molecule has 7 heteroatoms. The van der Waals surface area contributed by atoms with Crippen molar-refractivity contribution in [1.29, 1.82) is 0 Å². The van der Waals surface area contributed by atoms with Crippen molar-refractivity contribution in [2.24, 2.45) is 0 Å². The van der Waals surface area contributed by atoms with E-state index in [4.69, 9.17) is 22.1 Å². The molecule has 1 fully saturated rings. The molecule has 3 aromatic rings. The van der Waals surface area contributed by atoms with Crippen molar-refractivity contribution in [2.45, 2.75) is 33.6 Å². The monoisotopic (exact) mass is 477 g/mol.